The summed E-state index contributed by atoms with van der Waals surface area (Å²) in [4.78, 5) is 24.2. The number of ether oxygens (including phenoxy) is 2. The molecule has 1 saturated heterocycles. The van der Waals surface area contributed by atoms with Gasteiger partial charge in [-0.15, -0.1) is 0 Å². The zero-order valence-electron chi connectivity index (χ0n) is 14.8. The summed E-state index contributed by atoms with van der Waals surface area (Å²) in [6.45, 7) is 3.86. The van der Waals surface area contributed by atoms with Gasteiger partial charge in [-0.25, -0.2) is 4.79 Å². The Kier molecular flexibility index (Phi) is 5.27. The number of furan rings is 1. The fourth-order valence-corrected chi connectivity index (χ4v) is 3.23. The number of methoxy groups -OCH3 is 2. The van der Waals surface area contributed by atoms with Crippen LogP contribution in [-0.2, 0) is 14.3 Å². The highest BCUT2D eigenvalue weighted by Crippen LogP contribution is 2.34. The first-order chi connectivity index (χ1) is 13.0. The first kappa shape index (κ1) is 18.7. The normalized spacial score (nSPS) is 19.0. The minimum Gasteiger partial charge on any atom is -0.468 e. The first-order valence-corrected chi connectivity index (χ1v) is 8.48. The average Bonchev–Trinajstić information content (AvgIpc) is 3.16. The number of carbonyl (C=O) groups is 2. The summed E-state index contributed by atoms with van der Waals surface area (Å²) < 4.78 is 15.7. The van der Waals surface area contributed by atoms with Crippen molar-refractivity contribution in [2.75, 3.05) is 14.2 Å². The van der Waals surface area contributed by atoms with Gasteiger partial charge in [0.05, 0.1) is 19.8 Å². The van der Waals surface area contributed by atoms with Gasteiger partial charge >= 0.3 is 11.9 Å². The van der Waals surface area contributed by atoms with Gasteiger partial charge in [0, 0.05) is 11.3 Å². The highest BCUT2D eigenvalue weighted by atomic mass is 32.1. The van der Waals surface area contributed by atoms with Crippen molar-refractivity contribution in [2.45, 2.75) is 6.04 Å². The van der Waals surface area contributed by atoms with Crippen molar-refractivity contribution in [3.05, 3.63) is 60.0 Å². The molecule has 27 heavy (non-hydrogen) atoms. The maximum absolute atomic E-state index is 12.2. The largest absolute Gasteiger partial charge is 0.468 e. The number of nitrogens with one attached hydrogen (secondary N) is 2. The second kappa shape index (κ2) is 7.63. The Morgan fingerprint density at radius 2 is 1.89 bits per heavy atom. The van der Waals surface area contributed by atoms with E-state index in [2.05, 4.69) is 17.2 Å². The zero-order valence-corrected chi connectivity index (χ0v) is 15.6. The van der Waals surface area contributed by atoms with Gasteiger partial charge in [-0.05, 0) is 30.4 Å². The fraction of sp³-hybridized carbons (Fsp3) is 0.211. The Labute approximate surface area is 161 Å². The smallest absolute Gasteiger partial charge is 0.338 e. The van der Waals surface area contributed by atoms with E-state index in [9.17, 15) is 9.59 Å². The van der Waals surface area contributed by atoms with Crippen LogP contribution in [0, 0.1) is 5.92 Å². The standard InChI is InChI=1S/C19H18N2O5S/c1-10-15(18(23)25-3)16(21-19(27)20-10)14-9-8-13(26-14)11-6-4-5-7-12(11)17(22)24-2/h4-9,15-16H,1H2,2-3H3,(H2,20,21,27)/t15-,16+/m1/s1. The van der Waals surface area contributed by atoms with Gasteiger partial charge < -0.3 is 24.5 Å². The molecule has 3 rings (SSSR count). The third-order valence-corrected chi connectivity index (χ3v) is 4.48. The molecular weight excluding hydrogens is 368 g/mol. The van der Waals surface area contributed by atoms with Gasteiger partial charge in [0.2, 0.25) is 0 Å². The summed E-state index contributed by atoms with van der Waals surface area (Å²) in [5, 5.41) is 6.18. The van der Waals surface area contributed by atoms with Gasteiger partial charge in [0.15, 0.2) is 5.11 Å². The molecule has 1 aliphatic rings. The van der Waals surface area contributed by atoms with Gasteiger partial charge in [0.1, 0.15) is 23.5 Å². The molecule has 8 heteroatoms. The number of hydrogen-bond acceptors (Lipinski definition) is 6. The molecular formula is C19H18N2O5S. The Bertz CT molecular complexity index is 920. The molecule has 1 fully saturated rings. The maximum Gasteiger partial charge on any atom is 0.338 e. The van der Waals surface area contributed by atoms with Gasteiger partial charge in [-0.1, -0.05) is 24.8 Å². The average molecular weight is 386 g/mol. The van der Waals surface area contributed by atoms with E-state index in [-0.39, 0.29) is 0 Å². The molecule has 2 N–H and O–H groups in total. The second-order valence-electron chi connectivity index (χ2n) is 5.84. The summed E-state index contributed by atoms with van der Waals surface area (Å²) in [6, 6.07) is 9.80. The van der Waals surface area contributed by atoms with Crippen LogP contribution in [0.25, 0.3) is 11.3 Å². The fourth-order valence-electron chi connectivity index (χ4n) is 2.98. The Morgan fingerprint density at radius 1 is 1.15 bits per heavy atom. The molecule has 2 aromatic rings. The zero-order chi connectivity index (χ0) is 19.6. The highest BCUT2D eigenvalue weighted by Gasteiger charge is 2.39. The van der Waals surface area contributed by atoms with Crippen LogP contribution < -0.4 is 10.6 Å². The van der Waals surface area contributed by atoms with E-state index in [1.165, 1.54) is 14.2 Å². The van der Waals surface area contributed by atoms with Crippen LogP contribution >= 0.6 is 12.2 Å². The monoisotopic (exact) mass is 386 g/mol. The SMILES string of the molecule is C=C1NC(=S)N[C@@H](c2ccc(-c3ccccc3C(=O)OC)o2)[C@@H]1C(=O)OC. The van der Waals surface area contributed by atoms with Crippen molar-refractivity contribution < 1.29 is 23.5 Å². The topological polar surface area (TPSA) is 89.8 Å². The number of benzene rings is 1. The van der Waals surface area contributed by atoms with Crippen LogP contribution in [0.4, 0.5) is 0 Å². The van der Waals surface area contributed by atoms with E-state index >= 15 is 0 Å². The lowest BCUT2D eigenvalue weighted by molar-refractivity contribution is -0.145. The van der Waals surface area contributed by atoms with Crippen LogP contribution in [0.2, 0.25) is 0 Å². The molecule has 1 aromatic heterocycles. The maximum atomic E-state index is 12.2. The van der Waals surface area contributed by atoms with E-state index in [0.717, 1.165) is 0 Å². The minimum absolute atomic E-state index is 0.332. The van der Waals surface area contributed by atoms with Crippen molar-refractivity contribution in [2.24, 2.45) is 5.92 Å². The number of thiocarbonyl (C=S) groups is 1. The molecule has 0 radical (unpaired) electrons. The quantitative estimate of drug-likeness (QED) is 0.612. The van der Waals surface area contributed by atoms with Crippen LogP contribution in [0.5, 0.6) is 0 Å². The number of carbonyl (C=O) groups excluding carboxylic acids is 2. The summed E-state index contributed by atoms with van der Waals surface area (Å²) in [7, 11) is 2.62. The molecule has 1 aliphatic heterocycles. The summed E-state index contributed by atoms with van der Waals surface area (Å²) in [6.07, 6.45) is 0. The number of hydrogen-bond donors (Lipinski definition) is 2. The van der Waals surface area contributed by atoms with Crippen molar-refractivity contribution in [3.63, 3.8) is 0 Å². The predicted molar refractivity (Wildman–Crippen MR) is 102 cm³/mol. The van der Waals surface area contributed by atoms with Gasteiger partial charge in [-0.3, -0.25) is 4.79 Å². The van der Waals surface area contributed by atoms with E-state index in [4.69, 9.17) is 26.1 Å². The molecule has 0 bridgehead atoms. The molecule has 0 saturated carbocycles. The van der Waals surface area contributed by atoms with E-state index in [1.807, 2.05) is 0 Å². The van der Waals surface area contributed by atoms with E-state index in [1.54, 1.807) is 36.4 Å². The van der Waals surface area contributed by atoms with E-state index < -0.39 is 23.9 Å². The minimum atomic E-state index is -0.725. The molecule has 7 nitrogen and oxygen atoms in total. The van der Waals surface area contributed by atoms with Gasteiger partial charge in [-0.2, -0.15) is 0 Å². The van der Waals surface area contributed by atoms with E-state index in [0.29, 0.717) is 33.5 Å². The molecule has 0 spiro atoms. The van der Waals surface area contributed by atoms with Crippen LogP contribution in [0.3, 0.4) is 0 Å². The lowest BCUT2D eigenvalue weighted by atomic mass is 9.93. The third kappa shape index (κ3) is 3.56. The Hall–Kier alpha value is -3.13. The molecule has 2 heterocycles. The van der Waals surface area contributed by atoms with Crippen molar-refractivity contribution in [1.29, 1.82) is 0 Å². The second-order valence-corrected chi connectivity index (χ2v) is 6.25. The Balaban J connectivity index is 2.00. The van der Waals surface area contributed by atoms with Crippen molar-refractivity contribution >= 4 is 29.3 Å². The molecule has 0 amide bonds. The van der Waals surface area contributed by atoms with Crippen LogP contribution in [0.1, 0.15) is 22.2 Å². The predicted octanol–water partition coefficient (Wildman–Crippen LogP) is 2.55. The van der Waals surface area contributed by atoms with Gasteiger partial charge in [0.25, 0.3) is 0 Å². The summed E-state index contributed by atoms with van der Waals surface area (Å²) in [5.41, 5.74) is 1.38. The molecule has 0 aliphatic carbocycles. The number of rotatable bonds is 4. The lowest BCUT2D eigenvalue weighted by Gasteiger charge is -2.33. The molecule has 140 valence electrons. The summed E-state index contributed by atoms with van der Waals surface area (Å²) in [5.74, 6) is -0.737. The van der Waals surface area contributed by atoms with Crippen LogP contribution in [-0.4, -0.2) is 31.3 Å². The van der Waals surface area contributed by atoms with Crippen LogP contribution in [0.15, 0.2) is 53.1 Å². The third-order valence-electron chi connectivity index (χ3n) is 4.26. The first-order valence-electron chi connectivity index (χ1n) is 8.07. The Morgan fingerprint density at radius 3 is 2.59 bits per heavy atom. The summed E-state index contributed by atoms with van der Waals surface area (Å²) >= 11 is 5.17. The number of esters is 2. The molecule has 0 unspecified atom stereocenters. The molecule has 2 atom stereocenters. The lowest BCUT2D eigenvalue weighted by Crippen LogP contribution is -2.50. The van der Waals surface area contributed by atoms with Crippen molar-refractivity contribution in [1.82, 2.24) is 10.6 Å². The highest BCUT2D eigenvalue weighted by molar-refractivity contribution is 7.80. The van der Waals surface area contributed by atoms with Crippen molar-refractivity contribution in [3.8, 4) is 11.3 Å². The molecule has 1 aromatic carbocycles.